The Morgan fingerprint density at radius 1 is 1.00 bits per heavy atom. The molecule has 4 heteroatoms. The second kappa shape index (κ2) is 11.8. The quantitative estimate of drug-likeness (QED) is 0.213. The molecule has 0 aromatic heterocycles. The molecule has 0 aliphatic carbocycles. The predicted molar refractivity (Wildman–Crippen MR) is 107 cm³/mol. The van der Waals surface area contributed by atoms with Crippen LogP contribution in [0, 0.1) is 6.92 Å². The summed E-state index contributed by atoms with van der Waals surface area (Å²) < 4.78 is 0. The molecular formula is C21H31O3Si. The highest BCUT2D eigenvalue weighted by atomic mass is 28.3. The first-order valence-electron chi connectivity index (χ1n) is 9.08. The zero-order valence-corrected chi connectivity index (χ0v) is 16.5. The van der Waals surface area contributed by atoms with Crippen LogP contribution in [-0.2, 0) is 9.78 Å². The number of benzene rings is 1. The highest BCUT2D eigenvalue weighted by Gasteiger charge is 2.22. The zero-order valence-electron chi connectivity index (χ0n) is 15.5. The second-order valence-corrected chi connectivity index (χ2v) is 10.4. The van der Waals surface area contributed by atoms with Crippen LogP contribution in [0.5, 0.6) is 0 Å². The molecule has 0 fully saturated rings. The maximum absolute atomic E-state index is 12.0. The summed E-state index contributed by atoms with van der Waals surface area (Å²) in [6, 6.07) is 7.42. The van der Waals surface area contributed by atoms with Crippen LogP contribution in [-0.4, -0.2) is 20.7 Å². The van der Waals surface area contributed by atoms with Crippen molar-refractivity contribution < 1.29 is 14.6 Å². The molecule has 0 saturated heterocycles. The van der Waals surface area contributed by atoms with Crippen LogP contribution in [0.15, 0.2) is 48.8 Å². The lowest BCUT2D eigenvalue weighted by Crippen LogP contribution is -2.40. The van der Waals surface area contributed by atoms with Crippen LogP contribution in [0.25, 0.3) is 0 Å². The molecule has 0 N–H and O–H groups in total. The first-order valence-corrected chi connectivity index (χ1v) is 11.7. The Morgan fingerprint density at radius 2 is 1.56 bits per heavy atom. The fourth-order valence-electron chi connectivity index (χ4n) is 2.47. The summed E-state index contributed by atoms with van der Waals surface area (Å²) in [6.45, 7) is 14.2. The minimum Gasteiger partial charge on any atom is -0.293 e. The monoisotopic (exact) mass is 359 g/mol. The lowest BCUT2D eigenvalue weighted by atomic mass is 10.1. The van der Waals surface area contributed by atoms with E-state index in [2.05, 4.69) is 26.6 Å². The molecule has 137 valence electrons. The average Bonchev–Trinajstić information content (AvgIpc) is 2.66. The lowest BCUT2D eigenvalue weighted by molar-refractivity contribution is -0.241. The highest BCUT2D eigenvalue weighted by Crippen LogP contribution is 2.10. The fraction of sp³-hybridized carbons (Fsp3) is 0.429. The van der Waals surface area contributed by atoms with Gasteiger partial charge in [-0.15, -0.1) is 13.2 Å². The molecule has 1 radical (unpaired) electrons. The first kappa shape index (κ1) is 21.4. The standard InChI is InChI=1S/C21H31O3Si/c1-5-8-9-10-11-12-13-18-23-24-21(22)19-14-16-20(17-15-19)25(4,6-2)7-3/h6-7,14-17H,1-3,5,8-13,18H2,4H3. The molecule has 1 aromatic rings. The van der Waals surface area contributed by atoms with E-state index in [-0.39, 0.29) is 0 Å². The third kappa shape index (κ3) is 7.40. The van der Waals surface area contributed by atoms with E-state index in [0.717, 1.165) is 24.4 Å². The van der Waals surface area contributed by atoms with Gasteiger partial charge in [0.15, 0.2) is 0 Å². The van der Waals surface area contributed by atoms with Gasteiger partial charge in [0, 0.05) is 0 Å². The maximum Gasteiger partial charge on any atom is 0.373 e. The van der Waals surface area contributed by atoms with E-state index < -0.39 is 14.0 Å². The van der Waals surface area contributed by atoms with Gasteiger partial charge < -0.3 is 0 Å². The lowest BCUT2D eigenvalue weighted by Gasteiger charge is -2.19. The topological polar surface area (TPSA) is 35.5 Å². The molecular weight excluding hydrogens is 328 g/mol. The van der Waals surface area contributed by atoms with Gasteiger partial charge in [-0.3, -0.25) is 4.89 Å². The molecule has 0 heterocycles. The molecule has 0 unspecified atom stereocenters. The summed E-state index contributed by atoms with van der Waals surface area (Å²) in [6.07, 6.45) is 7.88. The van der Waals surface area contributed by atoms with Gasteiger partial charge in [-0.05, 0) is 18.6 Å². The van der Waals surface area contributed by atoms with E-state index in [9.17, 15) is 4.79 Å². The number of unbranched alkanes of at least 4 members (excludes halogenated alkanes) is 6. The molecule has 1 aromatic carbocycles. The van der Waals surface area contributed by atoms with Crippen LogP contribution in [0.3, 0.4) is 0 Å². The molecule has 3 nitrogen and oxygen atoms in total. The van der Waals surface area contributed by atoms with Crippen LogP contribution >= 0.6 is 0 Å². The van der Waals surface area contributed by atoms with E-state index in [1.54, 1.807) is 12.1 Å². The molecule has 0 aliphatic rings. The van der Waals surface area contributed by atoms with Gasteiger partial charge in [0.1, 0.15) is 8.07 Å². The van der Waals surface area contributed by atoms with Crippen molar-refractivity contribution in [2.75, 3.05) is 6.61 Å². The number of hydrogen-bond donors (Lipinski definition) is 0. The third-order valence-corrected chi connectivity index (χ3v) is 7.73. The largest absolute Gasteiger partial charge is 0.373 e. The minimum absolute atomic E-state index is 0.442. The van der Waals surface area contributed by atoms with E-state index in [0.29, 0.717) is 12.2 Å². The predicted octanol–water partition coefficient (Wildman–Crippen LogP) is 5.08. The SMILES string of the molecule is [CH2]CCCCCCCCOOC(=O)c1ccc([Si](C)(C=C)C=C)cc1. The van der Waals surface area contributed by atoms with E-state index in [1.807, 2.05) is 23.5 Å². The Hall–Kier alpha value is -1.65. The number of hydrogen-bond acceptors (Lipinski definition) is 3. The van der Waals surface area contributed by atoms with Gasteiger partial charge in [0.2, 0.25) is 0 Å². The van der Waals surface area contributed by atoms with Crippen molar-refractivity contribution in [2.45, 2.75) is 51.5 Å². The smallest absolute Gasteiger partial charge is 0.293 e. The molecule has 0 amide bonds. The second-order valence-electron chi connectivity index (χ2n) is 6.44. The summed E-state index contributed by atoms with van der Waals surface area (Å²) in [5.74, 6) is -0.456. The van der Waals surface area contributed by atoms with E-state index in [4.69, 9.17) is 9.78 Å². The van der Waals surface area contributed by atoms with Crippen LogP contribution in [0.4, 0.5) is 0 Å². The van der Waals surface area contributed by atoms with Crippen molar-refractivity contribution in [2.24, 2.45) is 0 Å². The Labute approximate surface area is 153 Å². The van der Waals surface area contributed by atoms with Crippen molar-refractivity contribution in [3.05, 3.63) is 61.3 Å². The number of rotatable bonds is 13. The Balaban J connectivity index is 2.29. The van der Waals surface area contributed by atoms with Gasteiger partial charge in [0.05, 0.1) is 12.2 Å². The fourth-order valence-corrected chi connectivity index (χ4v) is 4.00. The van der Waals surface area contributed by atoms with Crippen LogP contribution in [0.1, 0.15) is 55.3 Å². The van der Waals surface area contributed by atoms with Gasteiger partial charge in [-0.1, -0.05) is 80.7 Å². The molecule has 0 spiro atoms. The summed E-state index contributed by atoms with van der Waals surface area (Å²) in [5, 5.41) is 1.16. The van der Waals surface area contributed by atoms with Gasteiger partial charge in [0.25, 0.3) is 0 Å². The van der Waals surface area contributed by atoms with Gasteiger partial charge >= 0.3 is 5.97 Å². The van der Waals surface area contributed by atoms with Crippen molar-refractivity contribution in [1.29, 1.82) is 0 Å². The van der Waals surface area contributed by atoms with Crippen molar-refractivity contribution in [3.8, 4) is 0 Å². The Kier molecular flexibility index (Phi) is 10.1. The van der Waals surface area contributed by atoms with Gasteiger partial charge in [-0.25, -0.2) is 4.79 Å². The van der Waals surface area contributed by atoms with Crippen LogP contribution < -0.4 is 5.19 Å². The van der Waals surface area contributed by atoms with E-state index >= 15 is 0 Å². The molecule has 25 heavy (non-hydrogen) atoms. The summed E-state index contributed by atoms with van der Waals surface area (Å²) in [7, 11) is -1.84. The normalized spacial score (nSPS) is 11.1. The van der Waals surface area contributed by atoms with Crippen molar-refractivity contribution in [3.63, 3.8) is 0 Å². The summed E-state index contributed by atoms with van der Waals surface area (Å²) >= 11 is 0. The molecule has 0 aliphatic heterocycles. The highest BCUT2D eigenvalue weighted by molar-refractivity contribution is 6.98. The molecule has 0 bridgehead atoms. The van der Waals surface area contributed by atoms with Crippen LogP contribution in [0.2, 0.25) is 6.55 Å². The Morgan fingerprint density at radius 3 is 2.12 bits per heavy atom. The zero-order chi connectivity index (χ0) is 18.5. The summed E-state index contributed by atoms with van der Waals surface area (Å²) in [5.41, 5.74) is 4.42. The number of carbonyl (C=O) groups is 1. The van der Waals surface area contributed by atoms with Crippen molar-refractivity contribution >= 4 is 19.2 Å². The number of carbonyl (C=O) groups excluding carboxylic acids is 1. The summed E-state index contributed by atoms with van der Waals surface area (Å²) in [4.78, 5) is 21.9. The first-order chi connectivity index (χ1) is 12.1. The molecule has 0 atom stereocenters. The third-order valence-electron chi connectivity index (χ3n) is 4.45. The molecule has 1 rings (SSSR count). The average molecular weight is 360 g/mol. The maximum atomic E-state index is 12.0. The Bertz CT molecular complexity index is 529. The minimum atomic E-state index is -1.84. The molecule has 0 saturated carbocycles. The van der Waals surface area contributed by atoms with E-state index in [1.165, 1.54) is 25.7 Å². The van der Waals surface area contributed by atoms with Gasteiger partial charge in [-0.2, -0.15) is 4.89 Å². The van der Waals surface area contributed by atoms with Crippen molar-refractivity contribution in [1.82, 2.24) is 0 Å².